The van der Waals surface area contributed by atoms with Gasteiger partial charge < -0.3 is 19.5 Å². The maximum Gasteiger partial charge on any atom is 0.415 e. The summed E-state index contributed by atoms with van der Waals surface area (Å²) in [5.74, 6) is -1.27. The van der Waals surface area contributed by atoms with Gasteiger partial charge in [0.05, 0.1) is 21.8 Å². The number of nitrogens with one attached hydrogen (secondary N) is 1. The van der Waals surface area contributed by atoms with Crippen LogP contribution in [0.5, 0.6) is 5.75 Å². The van der Waals surface area contributed by atoms with Crippen LogP contribution in [0, 0.1) is 19.7 Å². The molecule has 6 nitrogen and oxygen atoms in total. The first kappa shape index (κ1) is 26.2. The molecule has 8 heteroatoms. The van der Waals surface area contributed by atoms with E-state index in [4.69, 9.17) is 16.3 Å². The standard InChI is InChI=1S/C29H29ClFN3O3/c1-5-33(6-2)29(36)37-24-13-12-23-21(14-15-34(23)17-20-9-7-8-18(3)16-20)27(24)32-28(35)25-22(30)11-10-19(4)26(25)31/h7-16H,5-6,17H2,1-4H3,(H,32,35). The maximum atomic E-state index is 14.9. The predicted molar refractivity (Wildman–Crippen MR) is 145 cm³/mol. The third-order valence-electron chi connectivity index (χ3n) is 6.32. The van der Waals surface area contributed by atoms with Gasteiger partial charge in [0.25, 0.3) is 5.91 Å². The molecule has 2 amide bonds. The summed E-state index contributed by atoms with van der Waals surface area (Å²) in [6.07, 6.45) is 1.36. The van der Waals surface area contributed by atoms with Gasteiger partial charge in [-0.1, -0.05) is 47.5 Å². The van der Waals surface area contributed by atoms with Gasteiger partial charge in [0.15, 0.2) is 5.75 Å². The van der Waals surface area contributed by atoms with E-state index >= 15 is 0 Å². The van der Waals surface area contributed by atoms with Gasteiger partial charge in [-0.15, -0.1) is 0 Å². The fourth-order valence-corrected chi connectivity index (χ4v) is 4.52. The molecular weight excluding hydrogens is 493 g/mol. The number of fused-ring (bicyclic) bond motifs is 1. The summed E-state index contributed by atoms with van der Waals surface area (Å²) in [7, 11) is 0. The van der Waals surface area contributed by atoms with Crippen molar-refractivity contribution in [1.82, 2.24) is 9.47 Å². The molecule has 1 aromatic heterocycles. The van der Waals surface area contributed by atoms with Gasteiger partial charge in [-0.25, -0.2) is 9.18 Å². The molecule has 4 aromatic rings. The lowest BCUT2D eigenvalue weighted by Gasteiger charge is -2.20. The summed E-state index contributed by atoms with van der Waals surface area (Å²) < 4.78 is 22.6. The highest BCUT2D eigenvalue weighted by Gasteiger charge is 2.23. The molecule has 0 saturated carbocycles. The molecule has 0 radical (unpaired) electrons. The molecule has 192 valence electrons. The molecule has 0 fully saturated rings. The van der Waals surface area contributed by atoms with Gasteiger partial charge in [-0.3, -0.25) is 4.79 Å². The highest BCUT2D eigenvalue weighted by Crippen LogP contribution is 2.36. The number of nitrogens with zero attached hydrogens (tertiary/aromatic N) is 2. The molecule has 0 aliphatic heterocycles. The minimum atomic E-state index is -0.731. The third-order valence-corrected chi connectivity index (χ3v) is 6.63. The molecule has 3 aromatic carbocycles. The normalized spacial score (nSPS) is 11.0. The molecule has 4 rings (SSSR count). The Morgan fingerprint density at radius 3 is 2.51 bits per heavy atom. The van der Waals surface area contributed by atoms with Gasteiger partial charge in [0, 0.05) is 31.2 Å². The van der Waals surface area contributed by atoms with Crippen LogP contribution in [0.25, 0.3) is 10.9 Å². The van der Waals surface area contributed by atoms with E-state index in [1.807, 2.05) is 61.9 Å². The number of hydrogen-bond donors (Lipinski definition) is 1. The summed E-state index contributed by atoms with van der Waals surface area (Å²) in [5.41, 5.74) is 3.39. The monoisotopic (exact) mass is 521 g/mol. The van der Waals surface area contributed by atoms with Crippen molar-refractivity contribution < 1.29 is 18.7 Å². The Morgan fingerprint density at radius 2 is 1.81 bits per heavy atom. The summed E-state index contributed by atoms with van der Waals surface area (Å²) in [6, 6.07) is 16.5. The number of rotatable bonds is 7. The largest absolute Gasteiger partial charge is 0.415 e. The number of anilines is 1. The Hall–Kier alpha value is -3.84. The van der Waals surface area contributed by atoms with Crippen molar-refractivity contribution >= 4 is 40.2 Å². The van der Waals surface area contributed by atoms with Gasteiger partial charge in [-0.2, -0.15) is 0 Å². The second kappa shape index (κ2) is 11.0. The van der Waals surface area contributed by atoms with Crippen LogP contribution in [0.15, 0.2) is 60.8 Å². The van der Waals surface area contributed by atoms with Crippen LogP contribution >= 0.6 is 11.6 Å². The van der Waals surface area contributed by atoms with Crippen LogP contribution in [0.2, 0.25) is 5.02 Å². The van der Waals surface area contributed by atoms with E-state index in [9.17, 15) is 14.0 Å². The van der Waals surface area contributed by atoms with Gasteiger partial charge in [-0.05, 0) is 63.1 Å². The molecule has 1 N–H and O–H groups in total. The number of carbonyl (C=O) groups is 2. The average Bonchev–Trinajstić information content (AvgIpc) is 3.26. The van der Waals surface area contributed by atoms with Gasteiger partial charge in [0.1, 0.15) is 5.82 Å². The molecule has 0 aliphatic carbocycles. The summed E-state index contributed by atoms with van der Waals surface area (Å²) in [6.45, 7) is 8.85. The van der Waals surface area contributed by atoms with Crippen molar-refractivity contribution in [2.24, 2.45) is 0 Å². The number of halogens is 2. The Balaban J connectivity index is 1.79. The van der Waals surface area contributed by atoms with Crippen molar-refractivity contribution in [3.05, 3.63) is 93.9 Å². The zero-order valence-corrected chi connectivity index (χ0v) is 22.0. The first-order valence-corrected chi connectivity index (χ1v) is 12.5. The molecular formula is C29H29ClFN3O3. The van der Waals surface area contributed by atoms with E-state index in [0.717, 1.165) is 16.6 Å². The van der Waals surface area contributed by atoms with E-state index in [1.165, 1.54) is 17.0 Å². The number of ether oxygens (including phenoxy) is 1. The number of aromatic nitrogens is 1. The van der Waals surface area contributed by atoms with Gasteiger partial charge >= 0.3 is 6.09 Å². The van der Waals surface area contributed by atoms with Crippen molar-refractivity contribution in [3.63, 3.8) is 0 Å². The fourth-order valence-electron chi connectivity index (χ4n) is 4.29. The molecule has 0 saturated heterocycles. The molecule has 0 atom stereocenters. The molecule has 0 bridgehead atoms. The van der Waals surface area contributed by atoms with Crippen LogP contribution in [0.1, 0.15) is 40.9 Å². The van der Waals surface area contributed by atoms with Crippen LogP contribution in [0.4, 0.5) is 14.9 Å². The zero-order chi connectivity index (χ0) is 26.7. The second-order valence-corrected chi connectivity index (χ2v) is 9.26. The van der Waals surface area contributed by atoms with E-state index in [2.05, 4.69) is 11.4 Å². The molecule has 0 aliphatic rings. The lowest BCUT2D eigenvalue weighted by atomic mass is 10.1. The fraction of sp³-hybridized carbons (Fsp3) is 0.241. The number of benzene rings is 3. The van der Waals surface area contributed by atoms with E-state index in [-0.39, 0.29) is 22.0 Å². The van der Waals surface area contributed by atoms with E-state index in [1.54, 1.807) is 13.0 Å². The predicted octanol–water partition coefficient (Wildman–Crippen LogP) is 7.19. The van der Waals surface area contributed by atoms with Crippen molar-refractivity contribution in [2.75, 3.05) is 18.4 Å². The number of aryl methyl sites for hydroxylation is 2. The number of carbonyl (C=O) groups excluding carboxylic acids is 2. The Kier molecular flexibility index (Phi) is 7.83. The van der Waals surface area contributed by atoms with Crippen molar-refractivity contribution in [2.45, 2.75) is 34.2 Å². The smallest absolute Gasteiger partial charge is 0.408 e. The number of amides is 2. The van der Waals surface area contributed by atoms with Crippen LogP contribution in [-0.4, -0.2) is 34.6 Å². The van der Waals surface area contributed by atoms with E-state index < -0.39 is 17.8 Å². The SMILES string of the molecule is CCN(CC)C(=O)Oc1ccc2c(ccn2Cc2cccc(C)c2)c1NC(=O)c1c(Cl)ccc(C)c1F. The first-order chi connectivity index (χ1) is 17.7. The quantitative estimate of drug-likeness (QED) is 0.280. The second-order valence-electron chi connectivity index (χ2n) is 8.85. The Labute approximate surface area is 220 Å². The summed E-state index contributed by atoms with van der Waals surface area (Å²) in [5, 5.41) is 3.41. The van der Waals surface area contributed by atoms with Crippen molar-refractivity contribution in [3.8, 4) is 5.75 Å². The third kappa shape index (κ3) is 5.47. The van der Waals surface area contributed by atoms with Crippen LogP contribution < -0.4 is 10.1 Å². The Morgan fingerprint density at radius 1 is 1.05 bits per heavy atom. The summed E-state index contributed by atoms with van der Waals surface area (Å²) >= 11 is 6.19. The molecule has 0 unspecified atom stereocenters. The lowest BCUT2D eigenvalue weighted by Crippen LogP contribution is -2.33. The highest BCUT2D eigenvalue weighted by molar-refractivity contribution is 6.34. The topological polar surface area (TPSA) is 63.6 Å². The van der Waals surface area contributed by atoms with E-state index in [0.29, 0.717) is 30.6 Å². The zero-order valence-electron chi connectivity index (χ0n) is 21.3. The maximum absolute atomic E-state index is 14.9. The number of hydrogen-bond acceptors (Lipinski definition) is 3. The lowest BCUT2D eigenvalue weighted by molar-refractivity contribution is 0.102. The van der Waals surface area contributed by atoms with Gasteiger partial charge in [0.2, 0.25) is 0 Å². The highest BCUT2D eigenvalue weighted by atomic mass is 35.5. The summed E-state index contributed by atoms with van der Waals surface area (Å²) in [4.78, 5) is 27.6. The van der Waals surface area contributed by atoms with Crippen LogP contribution in [0.3, 0.4) is 0 Å². The van der Waals surface area contributed by atoms with Crippen molar-refractivity contribution in [1.29, 1.82) is 0 Å². The average molecular weight is 522 g/mol. The molecule has 0 spiro atoms. The minimum absolute atomic E-state index is 0.00789. The van der Waals surface area contributed by atoms with Crippen LogP contribution in [-0.2, 0) is 6.54 Å². The molecule has 37 heavy (non-hydrogen) atoms. The minimum Gasteiger partial charge on any atom is -0.408 e. The molecule has 1 heterocycles. The Bertz CT molecular complexity index is 1480. The first-order valence-electron chi connectivity index (χ1n) is 12.1.